The van der Waals surface area contributed by atoms with Gasteiger partial charge in [0.15, 0.2) is 6.10 Å². The molecule has 2 aliphatic rings. The van der Waals surface area contributed by atoms with Crippen molar-refractivity contribution >= 4 is 5.69 Å². The van der Waals surface area contributed by atoms with E-state index in [0.29, 0.717) is 18.0 Å². The summed E-state index contributed by atoms with van der Waals surface area (Å²) in [5, 5.41) is 0. The van der Waals surface area contributed by atoms with Crippen LogP contribution in [0.1, 0.15) is 6.42 Å². The van der Waals surface area contributed by atoms with Gasteiger partial charge in [0.1, 0.15) is 11.9 Å². The molecular weight excluding hydrogens is 206 g/mol. The first-order valence-electron chi connectivity index (χ1n) is 5.59. The lowest BCUT2D eigenvalue weighted by atomic mass is 10.1. The largest absolute Gasteiger partial charge is 0.483 e. The molecule has 0 bridgehead atoms. The monoisotopic (exact) mass is 221 g/mol. The highest BCUT2D eigenvalue weighted by atomic mass is 16.6. The third-order valence-electron chi connectivity index (χ3n) is 3.12. The molecule has 16 heavy (non-hydrogen) atoms. The lowest BCUT2D eigenvalue weighted by molar-refractivity contribution is 0.0311. The van der Waals surface area contributed by atoms with Gasteiger partial charge in [0.2, 0.25) is 0 Å². The third kappa shape index (κ3) is 1.64. The molecule has 0 radical (unpaired) electrons. The Morgan fingerprint density at radius 2 is 2.12 bits per heavy atom. The molecule has 4 heteroatoms. The number of nitrogen functional groups attached to an aromatic ring is 1. The normalized spacial score (nSPS) is 32.6. The molecule has 0 amide bonds. The minimum Gasteiger partial charge on any atom is -0.483 e. The molecule has 4 nitrogen and oxygen atoms in total. The fourth-order valence-corrected chi connectivity index (χ4v) is 2.28. The van der Waals surface area contributed by atoms with Crippen LogP contribution in [-0.4, -0.2) is 31.5 Å². The molecule has 0 aliphatic carbocycles. The van der Waals surface area contributed by atoms with E-state index in [1.165, 1.54) is 0 Å². The summed E-state index contributed by atoms with van der Waals surface area (Å²) in [6.07, 6.45) is 1.21. The van der Waals surface area contributed by atoms with Crippen LogP contribution in [0.5, 0.6) is 5.75 Å². The van der Waals surface area contributed by atoms with E-state index in [1.807, 2.05) is 24.3 Å². The quantitative estimate of drug-likeness (QED) is 0.762. The minimum absolute atomic E-state index is 0.0304. The topological polar surface area (TPSA) is 53.7 Å². The van der Waals surface area contributed by atoms with E-state index in [4.69, 9.17) is 19.9 Å². The Morgan fingerprint density at radius 3 is 3.00 bits per heavy atom. The van der Waals surface area contributed by atoms with E-state index in [9.17, 15) is 0 Å². The van der Waals surface area contributed by atoms with Gasteiger partial charge in [-0.2, -0.15) is 0 Å². The van der Waals surface area contributed by atoms with E-state index < -0.39 is 0 Å². The predicted molar refractivity (Wildman–Crippen MR) is 59.4 cm³/mol. The number of rotatable bonds is 2. The van der Waals surface area contributed by atoms with Crippen LogP contribution in [0.25, 0.3) is 0 Å². The van der Waals surface area contributed by atoms with Gasteiger partial charge in [-0.1, -0.05) is 12.1 Å². The Kier molecular flexibility index (Phi) is 2.46. The minimum atomic E-state index is -0.0304. The first-order chi connectivity index (χ1) is 7.84. The molecule has 3 atom stereocenters. The van der Waals surface area contributed by atoms with Crippen molar-refractivity contribution in [2.45, 2.75) is 24.7 Å². The Balaban J connectivity index is 1.73. The van der Waals surface area contributed by atoms with Gasteiger partial charge in [-0.15, -0.1) is 0 Å². The smallest absolute Gasteiger partial charge is 0.151 e. The summed E-state index contributed by atoms with van der Waals surface area (Å²) < 4.78 is 17.1. The number of nitrogens with two attached hydrogens (primary N) is 1. The van der Waals surface area contributed by atoms with Crippen LogP contribution in [-0.2, 0) is 9.47 Å². The Hall–Kier alpha value is -1.26. The summed E-state index contributed by atoms with van der Waals surface area (Å²) in [5.41, 5.74) is 6.49. The van der Waals surface area contributed by atoms with Gasteiger partial charge in [0, 0.05) is 6.61 Å². The number of ether oxygens (including phenoxy) is 3. The number of hydrogen-bond acceptors (Lipinski definition) is 4. The maximum Gasteiger partial charge on any atom is 0.151 e. The summed E-state index contributed by atoms with van der Waals surface area (Å²) in [6.45, 7) is 1.35. The molecule has 1 aromatic carbocycles. The Bertz CT molecular complexity index is 382. The third-order valence-corrected chi connectivity index (χ3v) is 3.12. The average Bonchev–Trinajstić information content (AvgIpc) is 2.86. The van der Waals surface area contributed by atoms with Crippen molar-refractivity contribution in [2.75, 3.05) is 18.9 Å². The summed E-state index contributed by atoms with van der Waals surface area (Å²) in [4.78, 5) is 0. The second kappa shape index (κ2) is 3.96. The zero-order chi connectivity index (χ0) is 11.0. The Morgan fingerprint density at radius 1 is 1.25 bits per heavy atom. The summed E-state index contributed by atoms with van der Waals surface area (Å²) >= 11 is 0. The van der Waals surface area contributed by atoms with Crippen LogP contribution in [0, 0.1) is 0 Å². The van der Waals surface area contributed by atoms with Gasteiger partial charge < -0.3 is 19.9 Å². The van der Waals surface area contributed by atoms with Crippen molar-refractivity contribution < 1.29 is 14.2 Å². The van der Waals surface area contributed by atoms with E-state index in [1.54, 1.807) is 0 Å². The first kappa shape index (κ1) is 9.93. The second-order valence-corrected chi connectivity index (χ2v) is 4.19. The molecule has 2 fully saturated rings. The molecule has 2 N–H and O–H groups in total. The van der Waals surface area contributed by atoms with Crippen molar-refractivity contribution in [3.05, 3.63) is 24.3 Å². The SMILES string of the molecule is Nc1ccccc1O[C@@H]1CO[C@@H]2CCO[C@@H]21. The lowest BCUT2D eigenvalue weighted by Crippen LogP contribution is -2.32. The molecule has 0 unspecified atom stereocenters. The van der Waals surface area contributed by atoms with Gasteiger partial charge in [-0.3, -0.25) is 0 Å². The first-order valence-corrected chi connectivity index (χ1v) is 5.59. The van der Waals surface area contributed by atoms with Crippen molar-refractivity contribution in [3.63, 3.8) is 0 Å². The molecule has 2 aliphatic heterocycles. The van der Waals surface area contributed by atoms with E-state index in [2.05, 4.69) is 0 Å². The van der Waals surface area contributed by atoms with Crippen LogP contribution in [0.3, 0.4) is 0 Å². The number of benzene rings is 1. The number of hydrogen-bond donors (Lipinski definition) is 1. The van der Waals surface area contributed by atoms with Crippen LogP contribution in [0.4, 0.5) is 5.69 Å². The fraction of sp³-hybridized carbons (Fsp3) is 0.500. The van der Waals surface area contributed by atoms with Crippen LogP contribution >= 0.6 is 0 Å². The summed E-state index contributed by atoms with van der Waals surface area (Å²) in [5.74, 6) is 0.715. The van der Waals surface area contributed by atoms with Crippen LogP contribution in [0.2, 0.25) is 0 Å². The number of para-hydroxylation sites is 2. The zero-order valence-corrected chi connectivity index (χ0v) is 8.96. The Labute approximate surface area is 94.3 Å². The lowest BCUT2D eigenvalue weighted by Gasteiger charge is -2.18. The molecule has 3 rings (SSSR count). The van der Waals surface area contributed by atoms with Crippen molar-refractivity contribution in [1.82, 2.24) is 0 Å². The second-order valence-electron chi connectivity index (χ2n) is 4.19. The van der Waals surface area contributed by atoms with Gasteiger partial charge in [-0.25, -0.2) is 0 Å². The summed E-state index contributed by atoms with van der Waals surface area (Å²) in [7, 11) is 0. The van der Waals surface area contributed by atoms with E-state index >= 15 is 0 Å². The van der Waals surface area contributed by atoms with Crippen LogP contribution in [0.15, 0.2) is 24.3 Å². The molecule has 0 spiro atoms. The van der Waals surface area contributed by atoms with Gasteiger partial charge in [0.05, 0.1) is 18.4 Å². The molecule has 0 aromatic heterocycles. The summed E-state index contributed by atoms with van der Waals surface area (Å²) in [6, 6.07) is 7.51. The molecule has 2 heterocycles. The molecule has 0 saturated carbocycles. The van der Waals surface area contributed by atoms with E-state index in [0.717, 1.165) is 13.0 Å². The van der Waals surface area contributed by atoms with Gasteiger partial charge >= 0.3 is 0 Å². The van der Waals surface area contributed by atoms with Crippen molar-refractivity contribution in [3.8, 4) is 5.75 Å². The van der Waals surface area contributed by atoms with Crippen molar-refractivity contribution in [2.24, 2.45) is 0 Å². The number of fused-ring (bicyclic) bond motifs is 1. The average molecular weight is 221 g/mol. The highest BCUT2D eigenvalue weighted by Gasteiger charge is 2.43. The predicted octanol–water partition coefficient (Wildman–Crippen LogP) is 1.20. The van der Waals surface area contributed by atoms with Crippen molar-refractivity contribution in [1.29, 1.82) is 0 Å². The number of anilines is 1. The molecular formula is C12H15NO3. The van der Waals surface area contributed by atoms with Crippen LogP contribution < -0.4 is 10.5 Å². The van der Waals surface area contributed by atoms with Gasteiger partial charge in [0.25, 0.3) is 0 Å². The highest BCUT2D eigenvalue weighted by Crippen LogP contribution is 2.31. The molecule has 2 saturated heterocycles. The molecule has 86 valence electrons. The van der Waals surface area contributed by atoms with Gasteiger partial charge in [-0.05, 0) is 18.6 Å². The standard InChI is InChI=1S/C12H15NO3/c13-8-3-1-2-4-9(8)16-11-7-15-10-5-6-14-12(10)11/h1-4,10-12H,5-7,13H2/t10-,11-,12+/m1/s1. The fourth-order valence-electron chi connectivity index (χ4n) is 2.28. The maximum absolute atomic E-state index is 5.85. The highest BCUT2D eigenvalue weighted by molar-refractivity contribution is 5.51. The maximum atomic E-state index is 5.85. The van der Waals surface area contributed by atoms with E-state index in [-0.39, 0.29) is 18.3 Å². The zero-order valence-electron chi connectivity index (χ0n) is 8.96. The molecule has 1 aromatic rings.